The molecule has 4 nitrogen and oxygen atoms in total. The monoisotopic (exact) mass is 308 g/mol. The largest absolute Gasteiger partial charge is 0.495 e. The lowest BCUT2D eigenvalue weighted by molar-refractivity contribution is 0.0999. The molecule has 0 saturated heterocycles. The van der Waals surface area contributed by atoms with Crippen LogP contribution in [0, 0.1) is 0 Å². The van der Waals surface area contributed by atoms with E-state index in [1.807, 2.05) is 19.1 Å². The summed E-state index contributed by atoms with van der Waals surface area (Å²) >= 11 is 3.41. The van der Waals surface area contributed by atoms with Gasteiger partial charge in [-0.1, -0.05) is 6.92 Å². The van der Waals surface area contributed by atoms with Crippen LogP contribution in [0.4, 0.5) is 0 Å². The third kappa shape index (κ3) is 2.18. The zero-order chi connectivity index (χ0) is 13.3. The van der Waals surface area contributed by atoms with Crippen LogP contribution >= 0.6 is 15.9 Å². The average Bonchev–Trinajstić information content (AvgIpc) is 2.36. The van der Waals surface area contributed by atoms with Gasteiger partial charge in [-0.3, -0.25) is 9.78 Å². The molecule has 0 spiro atoms. The predicted octanol–water partition coefficient (Wildman–Crippen LogP) is 2.67. The van der Waals surface area contributed by atoms with Gasteiger partial charge in [0, 0.05) is 11.5 Å². The summed E-state index contributed by atoms with van der Waals surface area (Å²) in [6, 6.07) is 5.48. The van der Waals surface area contributed by atoms with Crippen molar-refractivity contribution in [3.05, 3.63) is 33.9 Å². The molecule has 5 heteroatoms. The Morgan fingerprint density at radius 3 is 2.72 bits per heavy atom. The van der Waals surface area contributed by atoms with Crippen LogP contribution in [0.3, 0.4) is 0 Å². The molecule has 0 fully saturated rings. The smallest absolute Gasteiger partial charge is 0.250 e. The first kappa shape index (κ1) is 12.8. The predicted molar refractivity (Wildman–Crippen MR) is 73.9 cm³/mol. The number of methoxy groups -OCH3 is 1. The van der Waals surface area contributed by atoms with Crippen molar-refractivity contribution >= 4 is 32.7 Å². The molecule has 0 aliphatic rings. The number of rotatable bonds is 3. The van der Waals surface area contributed by atoms with Gasteiger partial charge in [-0.05, 0) is 34.5 Å². The number of benzene rings is 1. The van der Waals surface area contributed by atoms with E-state index in [9.17, 15) is 4.79 Å². The molecule has 0 aliphatic carbocycles. The number of amides is 1. The van der Waals surface area contributed by atoms with Crippen molar-refractivity contribution < 1.29 is 9.53 Å². The highest BCUT2D eigenvalue weighted by Crippen LogP contribution is 2.30. The van der Waals surface area contributed by atoms with Crippen molar-refractivity contribution in [1.29, 1.82) is 0 Å². The maximum atomic E-state index is 11.4. The number of aromatic nitrogens is 1. The normalized spacial score (nSPS) is 10.6. The highest BCUT2D eigenvalue weighted by Gasteiger charge is 2.12. The Bertz CT molecular complexity index is 626. The standard InChI is InChI=1S/C13H13BrN2O2/c1-3-10-8(13(15)17)4-7-5-9(14)12(18-2)6-11(7)16-10/h4-6H,3H2,1-2H3,(H2,15,17). The minimum absolute atomic E-state index is 0.451. The minimum Gasteiger partial charge on any atom is -0.495 e. The molecule has 18 heavy (non-hydrogen) atoms. The number of carbonyl (C=O) groups is 1. The van der Waals surface area contributed by atoms with Crippen molar-refractivity contribution in [2.24, 2.45) is 5.73 Å². The highest BCUT2D eigenvalue weighted by molar-refractivity contribution is 9.10. The number of halogens is 1. The quantitative estimate of drug-likeness (QED) is 0.948. The Balaban J connectivity index is 2.75. The van der Waals surface area contributed by atoms with Crippen molar-refractivity contribution in [3.63, 3.8) is 0 Å². The van der Waals surface area contributed by atoms with Crippen LogP contribution in [0.15, 0.2) is 22.7 Å². The summed E-state index contributed by atoms with van der Waals surface area (Å²) in [5.41, 5.74) is 7.33. The van der Waals surface area contributed by atoms with Crippen molar-refractivity contribution in [2.45, 2.75) is 13.3 Å². The number of nitrogens with two attached hydrogens (primary N) is 1. The first-order chi connectivity index (χ1) is 8.56. The second kappa shape index (κ2) is 4.94. The Morgan fingerprint density at radius 1 is 1.44 bits per heavy atom. The van der Waals surface area contributed by atoms with Gasteiger partial charge in [0.25, 0.3) is 5.91 Å². The van der Waals surface area contributed by atoms with E-state index >= 15 is 0 Å². The lowest BCUT2D eigenvalue weighted by Crippen LogP contribution is -2.14. The van der Waals surface area contributed by atoms with Crippen LogP contribution in [-0.4, -0.2) is 18.0 Å². The summed E-state index contributed by atoms with van der Waals surface area (Å²) in [7, 11) is 1.60. The molecule has 0 atom stereocenters. The van der Waals surface area contributed by atoms with E-state index in [-0.39, 0.29) is 0 Å². The average molecular weight is 309 g/mol. The van der Waals surface area contributed by atoms with Gasteiger partial charge in [0.05, 0.1) is 28.4 Å². The van der Waals surface area contributed by atoms with Gasteiger partial charge >= 0.3 is 0 Å². The first-order valence-corrected chi connectivity index (χ1v) is 6.33. The first-order valence-electron chi connectivity index (χ1n) is 5.53. The van der Waals surface area contributed by atoms with Crippen molar-refractivity contribution in [2.75, 3.05) is 7.11 Å². The second-order valence-corrected chi connectivity index (χ2v) is 4.73. The fourth-order valence-electron chi connectivity index (χ4n) is 1.85. The van der Waals surface area contributed by atoms with Gasteiger partial charge in [-0.15, -0.1) is 0 Å². The van der Waals surface area contributed by atoms with Crippen LogP contribution in [0.1, 0.15) is 23.0 Å². The van der Waals surface area contributed by atoms with Gasteiger partial charge < -0.3 is 10.5 Å². The van der Waals surface area contributed by atoms with E-state index in [2.05, 4.69) is 20.9 Å². The zero-order valence-corrected chi connectivity index (χ0v) is 11.7. The minimum atomic E-state index is -0.451. The molecule has 0 radical (unpaired) electrons. The molecule has 1 amide bonds. The number of primary amides is 1. The van der Waals surface area contributed by atoms with E-state index in [0.29, 0.717) is 23.4 Å². The third-order valence-electron chi connectivity index (χ3n) is 2.77. The number of nitrogens with zero attached hydrogens (tertiary/aromatic N) is 1. The van der Waals surface area contributed by atoms with E-state index in [1.165, 1.54) is 0 Å². The summed E-state index contributed by atoms with van der Waals surface area (Å²) < 4.78 is 6.04. The van der Waals surface area contributed by atoms with E-state index in [4.69, 9.17) is 10.5 Å². The SMILES string of the molecule is CCc1nc2cc(OC)c(Br)cc2cc1C(N)=O. The Morgan fingerprint density at radius 2 is 2.17 bits per heavy atom. The molecule has 0 saturated carbocycles. The van der Waals surface area contributed by atoms with Gasteiger partial charge in [0.15, 0.2) is 0 Å². The molecule has 2 aromatic rings. The van der Waals surface area contributed by atoms with Crippen LogP contribution < -0.4 is 10.5 Å². The summed E-state index contributed by atoms with van der Waals surface area (Å²) in [5, 5.41) is 0.855. The van der Waals surface area contributed by atoms with Crippen LogP contribution in [-0.2, 0) is 6.42 Å². The Kier molecular flexibility index (Phi) is 3.52. The summed E-state index contributed by atoms with van der Waals surface area (Å²) in [6.07, 6.45) is 0.659. The highest BCUT2D eigenvalue weighted by atomic mass is 79.9. The van der Waals surface area contributed by atoms with E-state index in [0.717, 1.165) is 15.4 Å². The number of aryl methyl sites for hydroxylation is 1. The van der Waals surface area contributed by atoms with Gasteiger partial charge in [0.1, 0.15) is 5.75 Å². The van der Waals surface area contributed by atoms with Gasteiger partial charge in [0.2, 0.25) is 0 Å². The molecule has 0 aliphatic heterocycles. The Hall–Kier alpha value is -1.62. The van der Waals surface area contributed by atoms with E-state index < -0.39 is 5.91 Å². The third-order valence-corrected chi connectivity index (χ3v) is 3.39. The Labute approximate surface area is 113 Å². The molecule has 1 aromatic heterocycles. The fraction of sp³-hybridized carbons (Fsp3) is 0.231. The summed E-state index contributed by atoms with van der Waals surface area (Å²) in [5.74, 6) is 0.261. The molecule has 94 valence electrons. The van der Waals surface area contributed by atoms with E-state index in [1.54, 1.807) is 13.2 Å². The number of carbonyl (C=O) groups excluding carboxylic acids is 1. The molecular formula is C13H13BrN2O2. The molecular weight excluding hydrogens is 296 g/mol. The number of hydrogen-bond donors (Lipinski definition) is 1. The lowest BCUT2D eigenvalue weighted by Gasteiger charge is -2.09. The number of fused-ring (bicyclic) bond motifs is 1. The molecule has 0 unspecified atom stereocenters. The zero-order valence-electron chi connectivity index (χ0n) is 10.2. The van der Waals surface area contributed by atoms with Gasteiger partial charge in [-0.2, -0.15) is 0 Å². The molecule has 1 heterocycles. The lowest BCUT2D eigenvalue weighted by atomic mass is 10.1. The molecule has 2 rings (SSSR count). The topological polar surface area (TPSA) is 65.2 Å². The molecule has 0 bridgehead atoms. The number of hydrogen-bond acceptors (Lipinski definition) is 3. The van der Waals surface area contributed by atoms with Crippen molar-refractivity contribution in [1.82, 2.24) is 4.98 Å². The fourth-order valence-corrected chi connectivity index (χ4v) is 2.38. The van der Waals surface area contributed by atoms with Crippen LogP contribution in [0.25, 0.3) is 10.9 Å². The van der Waals surface area contributed by atoms with Crippen LogP contribution in [0.2, 0.25) is 0 Å². The van der Waals surface area contributed by atoms with Crippen molar-refractivity contribution in [3.8, 4) is 5.75 Å². The summed E-state index contributed by atoms with van der Waals surface area (Å²) in [4.78, 5) is 15.8. The molecule has 2 N–H and O–H groups in total. The van der Waals surface area contributed by atoms with Gasteiger partial charge in [-0.25, -0.2) is 0 Å². The number of pyridine rings is 1. The maximum Gasteiger partial charge on any atom is 0.250 e. The second-order valence-electron chi connectivity index (χ2n) is 3.88. The van der Waals surface area contributed by atoms with Crippen LogP contribution in [0.5, 0.6) is 5.75 Å². The molecule has 1 aromatic carbocycles. The maximum absolute atomic E-state index is 11.4. The number of ether oxygens (including phenoxy) is 1. The summed E-state index contributed by atoms with van der Waals surface area (Å²) in [6.45, 7) is 1.94.